The zero-order valence-electron chi connectivity index (χ0n) is 30.5. The van der Waals surface area contributed by atoms with E-state index in [1.807, 2.05) is 21.1 Å². The summed E-state index contributed by atoms with van der Waals surface area (Å²) in [4.78, 5) is 57.2. The Kier molecular flexibility index (Phi) is 28.8. The number of nitrogens with zero attached hydrogens (tertiary/aromatic N) is 1. The molecule has 0 bridgehead atoms. The number of phosphoric ester groups is 1. The van der Waals surface area contributed by atoms with Crippen LogP contribution in [0.1, 0.15) is 142 Å². The fourth-order valence-corrected chi connectivity index (χ4v) is 5.58. The molecule has 0 heterocycles. The van der Waals surface area contributed by atoms with Gasteiger partial charge in [0, 0.05) is 25.7 Å². The molecule has 0 aliphatic rings. The zero-order valence-corrected chi connectivity index (χ0v) is 31.4. The van der Waals surface area contributed by atoms with Crippen molar-refractivity contribution in [1.82, 2.24) is 0 Å². The van der Waals surface area contributed by atoms with Crippen LogP contribution in [-0.2, 0) is 42.3 Å². The Balaban J connectivity index is 4.50. The minimum Gasteiger partial charge on any atom is -0.462 e. The Labute approximate surface area is 290 Å². The summed E-state index contributed by atoms with van der Waals surface area (Å²) >= 11 is 0. The van der Waals surface area contributed by atoms with E-state index in [1.165, 1.54) is 63.9 Å². The number of hydrogen-bond donors (Lipinski definition) is 1. The van der Waals surface area contributed by atoms with Gasteiger partial charge in [0.15, 0.2) is 6.10 Å². The first-order valence-electron chi connectivity index (χ1n) is 18.3. The average Bonchev–Trinajstić information content (AvgIpc) is 3.02. The fourth-order valence-electron chi connectivity index (χ4n) is 4.84. The van der Waals surface area contributed by atoms with Crippen LogP contribution in [0, 0.1) is 0 Å². The lowest BCUT2D eigenvalue weighted by Gasteiger charge is -2.24. The van der Waals surface area contributed by atoms with E-state index in [0.29, 0.717) is 62.3 Å². The quantitative estimate of drug-likeness (QED) is 0.0176. The molecule has 48 heavy (non-hydrogen) atoms. The third kappa shape index (κ3) is 32.6. The number of esters is 2. The van der Waals surface area contributed by atoms with Crippen molar-refractivity contribution in [2.75, 3.05) is 47.5 Å². The van der Waals surface area contributed by atoms with Crippen molar-refractivity contribution >= 4 is 31.8 Å². The molecule has 1 unspecified atom stereocenters. The second-order valence-corrected chi connectivity index (χ2v) is 15.1. The number of Topliss-reactive ketones (excluding diaryl/α,β-unsaturated/α-hetero) is 1. The summed E-state index contributed by atoms with van der Waals surface area (Å²) in [5, 5.41) is 0. The van der Waals surface area contributed by atoms with E-state index in [-0.39, 0.29) is 31.8 Å². The molecule has 0 amide bonds. The number of aldehydes is 1. The number of allylic oxidation sites excluding steroid dienone is 2. The van der Waals surface area contributed by atoms with Crippen LogP contribution in [0.15, 0.2) is 12.2 Å². The molecule has 0 fully saturated rings. The third-order valence-corrected chi connectivity index (χ3v) is 8.78. The molecule has 0 rings (SSSR count). The van der Waals surface area contributed by atoms with Crippen molar-refractivity contribution in [3.8, 4) is 0 Å². The fraction of sp³-hybridized carbons (Fsp3) is 0.833. The van der Waals surface area contributed by atoms with E-state index < -0.39 is 32.5 Å². The topological polar surface area (TPSA) is 142 Å². The van der Waals surface area contributed by atoms with Crippen LogP contribution in [-0.4, -0.2) is 87.0 Å². The van der Waals surface area contributed by atoms with Crippen LogP contribution in [0.25, 0.3) is 0 Å². The molecule has 0 saturated heterocycles. The summed E-state index contributed by atoms with van der Waals surface area (Å²) in [5.74, 6) is -0.875. The van der Waals surface area contributed by atoms with Crippen molar-refractivity contribution in [3.63, 3.8) is 0 Å². The number of hydrogen-bond acceptors (Lipinski definition) is 9. The van der Waals surface area contributed by atoms with Crippen LogP contribution in [0.2, 0.25) is 0 Å². The Hall–Kier alpha value is -1.91. The van der Waals surface area contributed by atoms with Crippen LogP contribution in [0.3, 0.4) is 0 Å². The molecule has 0 aromatic rings. The number of likely N-dealkylation sites (N-methyl/N-ethyl adjacent to an activating group) is 1. The maximum Gasteiger partial charge on any atom is 0.472 e. The van der Waals surface area contributed by atoms with Gasteiger partial charge in [-0.15, -0.1) is 0 Å². The number of phosphoric acid groups is 1. The average molecular weight is 705 g/mol. The summed E-state index contributed by atoms with van der Waals surface area (Å²) in [7, 11) is 1.34. The molecule has 0 radical (unpaired) electrons. The summed E-state index contributed by atoms with van der Waals surface area (Å²) in [6, 6.07) is 0. The number of carbonyl (C=O) groups is 4. The molecule has 0 aliphatic carbocycles. The number of unbranched alkanes of at least 4 members (excludes halogenated alkanes) is 14. The van der Waals surface area contributed by atoms with Gasteiger partial charge in [-0.25, -0.2) is 4.57 Å². The van der Waals surface area contributed by atoms with E-state index in [0.717, 1.165) is 19.3 Å². The van der Waals surface area contributed by atoms with Crippen LogP contribution in [0.5, 0.6) is 0 Å². The maximum absolute atomic E-state index is 12.5. The minimum absolute atomic E-state index is 0.00616. The first-order valence-corrected chi connectivity index (χ1v) is 19.8. The van der Waals surface area contributed by atoms with Crippen LogP contribution in [0.4, 0.5) is 0 Å². The van der Waals surface area contributed by atoms with E-state index >= 15 is 0 Å². The van der Waals surface area contributed by atoms with Crippen LogP contribution >= 0.6 is 7.82 Å². The molecule has 0 spiro atoms. The van der Waals surface area contributed by atoms with Gasteiger partial charge in [0.1, 0.15) is 31.8 Å². The highest BCUT2D eigenvalue weighted by Crippen LogP contribution is 2.43. The van der Waals surface area contributed by atoms with Crippen molar-refractivity contribution < 1.29 is 51.6 Å². The predicted molar refractivity (Wildman–Crippen MR) is 188 cm³/mol. The molecule has 12 heteroatoms. The summed E-state index contributed by atoms with van der Waals surface area (Å²) < 4.78 is 33.8. The molecule has 0 aromatic heterocycles. The summed E-state index contributed by atoms with van der Waals surface area (Å²) in [5.41, 5.74) is 0. The van der Waals surface area contributed by atoms with Gasteiger partial charge in [-0.1, -0.05) is 96.5 Å². The Morgan fingerprint density at radius 1 is 0.708 bits per heavy atom. The summed E-state index contributed by atoms with van der Waals surface area (Å²) in [6.07, 6.45) is 21.7. The molecular formula is C36H67NO10P+. The lowest BCUT2D eigenvalue weighted by atomic mass is 10.0. The summed E-state index contributed by atoms with van der Waals surface area (Å²) in [6.45, 7) is 1.94. The number of carbonyl (C=O) groups excluding carboxylic acids is 4. The van der Waals surface area contributed by atoms with E-state index in [4.69, 9.17) is 18.5 Å². The molecule has 0 aromatic carbocycles. The molecule has 0 saturated carbocycles. The molecule has 2 atom stereocenters. The van der Waals surface area contributed by atoms with Gasteiger partial charge < -0.3 is 18.9 Å². The second kappa shape index (κ2) is 30.0. The minimum atomic E-state index is -4.41. The van der Waals surface area contributed by atoms with Gasteiger partial charge in [-0.2, -0.15) is 0 Å². The van der Waals surface area contributed by atoms with Crippen molar-refractivity contribution in [3.05, 3.63) is 12.2 Å². The first-order chi connectivity index (χ1) is 22.9. The van der Waals surface area contributed by atoms with E-state index in [1.54, 1.807) is 6.08 Å². The molecular weight excluding hydrogens is 637 g/mol. The normalized spacial score (nSPS) is 13.7. The SMILES string of the molecule is CCCCCCCCCCCCCCCC(=O)OC[C@@H](COP(=O)(O)OCC[N+](C)(C)C)OC(=O)CCCCCC(=O)CC/C=C/C=O. The van der Waals surface area contributed by atoms with Gasteiger partial charge in [0.25, 0.3) is 0 Å². The standard InChI is InChI=1S/C36H66NO10P/c1-5-6-7-8-9-10-11-12-13-14-15-16-21-26-35(40)44-31-34(32-46-48(42,43)45-30-28-37(2,3)4)47-36(41)27-22-17-19-24-33(39)25-20-18-23-29-38/h18,23,29,34H,5-17,19-22,24-28,30-32H2,1-4H3/p+1/b23-18+/t34-/m0/s1. The largest absolute Gasteiger partial charge is 0.472 e. The van der Waals surface area contributed by atoms with Gasteiger partial charge in [0.2, 0.25) is 0 Å². The number of quaternary nitrogens is 1. The highest BCUT2D eigenvalue weighted by atomic mass is 31.2. The monoisotopic (exact) mass is 704 g/mol. The Morgan fingerprint density at radius 3 is 1.79 bits per heavy atom. The van der Waals surface area contributed by atoms with E-state index in [9.17, 15) is 28.6 Å². The van der Waals surface area contributed by atoms with Gasteiger partial charge in [0.05, 0.1) is 27.7 Å². The molecule has 280 valence electrons. The molecule has 0 aliphatic heterocycles. The second-order valence-electron chi connectivity index (χ2n) is 13.6. The highest BCUT2D eigenvalue weighted by Gasteiger charge is 2.27. The van der Waals surface area contributed by atoms with Gasteiger partial charge >= 0.3 is 19.8 Å². The highest BCUT2D eigenvalue weighted by molar-refractivity contribution is 7.47. The molecule has 11 nitrogen and oxygen atoms in total. The predicted octanol–water partition coefficient (Wildman–Crippen LogP) is 7.82. The smallest absolute Gasteiger partial charge is 0.462 e. The number of rotatable bonds is 34. The third-order valence-electron chi connectivity index (χ3n) is 7.79. The lowest BCUT2D eigenvalue weighted by Crippen LogP contribution is -2.37. The van der Waals surface area contributed by atoms with Gasteiger partial charge in [-0.3, -0.25) is 28.2 Å². The van der Waals surface area contributed by atoms with Crippen molar-refractivity contribution in [2.45, 2.75) is 148 Å². The zero-order chi connectivity index (χ0) is 35.9. The van der Waals surface area contributed by atoms with Gasteiger partial charge in [-0.05, 0) is 31.8 Å². The van der Waals surface area contributed by atoms with Crippen molar-refractivity contribution in [1.29, 1.82) is 0 Å². The van der Waals surface area contributed by atoms with E-state index in [2.05, 4.69) is 6.92 Å². The number of ketones is 1. The maximum atomic E-state index is 12.5. The van der Waals surface area contributed by atoms with Crippen LogP contribution < -0.4 is 0 Å². The number of ether oxygens (including phenoxy) is 2. The molecule has 1 N–H and O–H groups in total. The first kappa shape index (κ1) is 46.1. The van der Waals surface area contributed by atoms with Crippen molar-refractivity contribution in [2.24, 2.45) is 0 Å². The Bertz CT molecular complexity index is 934. The Morgan fingerprint density at radius 2 is 1.23 bits per heavy atom. The lowest BCUT2D eigenvalue weighted by molar-refractivity contribution is -0.870.